The normalized spacial score (nSPS) is 9.45. The molecule has 0 aromatic heterocycles. The van der Waals surface area contributed by atoms with Gasteiger partial charge in [0.25, 0.3) is 0 Å². The first-order valence-electron chi connectivity index (χ1n) is 3.55. The zero-order valence-corrected chi connectivity index (χ0v) is 6.16. The molecule has 0 amide bonds. The minimum Gasteiger partial charge on any atom is -0.508 e. The summed E-state index contributed by atoms with van der Waals surface area (Å²) in [5, 5.41) is 9.22. The van der Waals surface area contributed by atoms with Gasteiger partial charge in [-0.15, -0.1) is 0 Å². The van der Waals surface area contributed by atoms with E-state index in [1.165, 1.54) is 0 Å². The lowest BCUT2D eigenvalue weighted by atomic mass is 10.1. The highest BCUT2D eigenvalue weighted by Gasteiger charge is 1.96. The van der Waals surface area contributed by atoms with Crippen LogP contribution < -0.4 is 0 Å². The van der Waals surface area contributed by atoms with Crippen LogP contribution in [0.25, 0.3) is 0 Å². The summed E-state index contributed by atoms with van der Waals surface area (Å²) < 4.78 is 0. The number of carbonyl (C=O) groups is 1. The monoisotopic (exact) mass is 150 g/mol. The molecule has 0 radical (unpaired) electrons. The summed E-state index contributed by atoms with van der Waals surface area (Å²) in [5.74, 6) is 0.273. The van der Waals surface area contributed by atoms with Gasteiger partial charge >= 0.3 is 0 Å². The van der Waals surface area contributed by atoms with E-state index < -0.39 is 0 Å². The summed E-state index contributed by atoms with van der Waals surface area (Å²) in [6.07, 6.45) is 1.94. The molecule has 0 fully saturated rings. The fourth-order valence-corrected chi connectivity index (χ4v) is 0.937. The summed E-state index contributed by atoms with van der Waals surface area (Å²) in [6.45, 7) is 0. The van der Waals surface area contributed by atoms with E-state index in [2.05, 4.69) is 0 Å². The van der Waals surface area contributed by atoms with Crippen molar-refractivity contribution in [2.45, 2.75) is 12.8 Å². The lowest BCUT2D eigenvalue weighted by molar-refractivity contribution is -0.107. The van der Waals surface area contributed by atoms with E-state index in [0.717, 1.165) is 11.8 Å². The molecule has 0 heterocycles. The van der Waals surface area contributed by atoms with Crippen LogP contribution in [0.15, 0.2) is 24.3 Å². The molecule has 2 nitrogen and oxygen atoms in total. The van der Waals surface area contributed by atoms with E-state index >= 15 is 0 Å². The summed E-state index contributed by atoms with van der Waals surface area (Å²) in [5.41, 5.74) is 0.833. The first-order valence-corrected chi connectivity index (χ1v) is 3.55. The van der Waals surface area contributed by atoms with Gasteiger partial charge in [-0.05, 0) is 18.1 Å². The Morgan fingerprint density at radius 2 is 2.09 bits per heavy atom. The SMILES string of the molecule is O=CCCc1ccccc1O. The molecule has 2 heteroatoms. The number of hydrogen-bond donors (Lipinski definition) is 1. The molecule has 1 rings (SSSR count). The van der Waals surface area contributed by atoms with Crippen LogP contribution in [0.5, 0.6) is 5.75 Å². The van der Waals surface area contributed by atoms with Crippen LogP contribution in [0.4, 0.5) is 0 Å². The second kappa shape index (κ2) is 3.76. The second-order valence-corrected chi connectivity index (χ2v) is 2.33. The van der Waals surface area contributed by atoms with Crippen LogP contribution in [0.1, 0.15) is 12.0 Å². The smallest absolute Gasteiger partial charge is 0.120 e. The maximum absolute atomic E-state index is 10.0. The number of phenols is 1. The number of benzene rings is 1. The van der Waals surface area contributed by atoms with Crippen LogP contribution in [-0.2, 0) is 11.2 Å². The molecular weight excluding hydrogens is 140 g/mol. The number of aromatic hydroxyl groups is 1. The topological polar surface area (TPSA) is 37.3 Å². The molecule has 1 aromatic carbocycles. The molecule has 1 aromatic rings. The van der Waals surface area contributed by atoms with Crippen LogP contribution in [0, 0.1) is 0 Å². The van der Waals surface area contributed by atoms with Gasteiger partial charge in [0.2, 0.25) is 0 Å². The van der Waals surface area contributed by atoms with Crippen molar-refractivity contribution in [1.29, 1.82) is 0 Å². The highest BCUT2D eigenvalue weighted by molar-refractivity contribution is 5.50. The molecule has 0 aliphatic carbocycles. The van der Waals surface area contributed by atoms with E-state index in [-0.39, 0.29) is 5.75 Å². The third-order valence-electron chi connectivity index (χ3n) is 1.52. The van der Waals surface area contributed by atoms with Crippen LogP contribution in [0.3, 0.4) is 0 Å². The fourth-order valence-electron chi connectivity index (χ4n) is 0.937. The van der Waals surface area contributed by atoms with Gasteiger partial charge in [0.15, 0.2) is 0 Å². The first-order chi connectivity index (χ1) is 5.34. The van der Waals surface area contributed by atoms with Gasteiger partial charge in [-0.3, -0.25) is 0 Å². The molecular formula is C9H10O2. The minimum absolute atomic E-state index is 0.273. The highest BCUT2D eigenvalue weighted by Crippen LogP contribution is 2.16. The Morgan fingerprint density at radius 3 is 2.73 bits per heavy atom. The molecule has 0 saturated heterocycles. The van der Waals surface area contributed by atoms with Gasteiger partial charge in [-0.2, -0.15) is 0 Å². The average Bonchev–Trinajstić information content (AvgIpc) is 2.03. The first kappa shape index (κ1) is 7.79. The third-order valence-corrected chi connectivity index (χ3v) is 1.52. The number of aryl methyl sites for hydroxylation is 1. The largest absolute Gasteiger partial charge is 0.508 e. The highest BCUT2D eigenvalue weighted by atomic mass is 16.3. The molecule has 0 bridgehead atoms. The second-order valence-electron chi connectivity index (χ2n) is 2.33. The van der Waals surface area contributed by atoms with Crippen LogP contribution >= 0.6 is 0 Å². The summed E-state index contributed by atoms with van der Waals surface area (Å²) in [6, 6.07) is 7.05. The Bertz CT molecular complexity index is 243. The molecule has 58 valence electrons. The van der Waals surface area contributed by atoms with Gasteiger partial charge < -0.3 is 9.90 Å². The molecule has 0 atom stereocenters. The standard InChI is InChI=1S/C9H10O2/c10-7-3-5-8-4-1-2-6-9(8)11/h1-2,4,6-7,11H,3,5H2. The number of carbonyl (C=O) groups excluding carboxylic acids is 1. The van der Waals surface area contributed by atoms with Gasteiger partial charge in [0.1, 0.15) is 12.0 Å². The Morgan fingerprint density at radius 1 is 1.36 bits per heavy atom. The average molecular weight is 150 g/mol. The van der Waals surface area contributed by atoms with Crippen LogP contribution in [-0.4, -0.2) is 11.4 Å². The maximum Gasteiger partial charge on any atom is 0.120 e. The molecule has 0 spiro atoms. The molecule has 0 aliphatic rings. The van der Waals surface area contributed by atoms with E-state index in [4.69, 9.17) is 0 Å². The van der Waals surface area contributed by atoms with Crippen molar-refractivity contribution in [1.82, 2.24) is 0 Å². The van der Waals surface area contributed by atoms with E-state index in [1.807, 2.05) is 12.1 Å². The van der Waals surface area contributed by atoms with Crippen molar-refractivity contribution in [2.24, 2.45) is 0 Å². The molecule has 0 saturated carbocycles. The van der Waals surface area contributed by atoms with Crippen LogP contribution in [0.2, 0.25) is 0 Å². The Kier molecular flexibility index (Phi) is 2.66. The van der Waals surface area contributed by atoms with Gasteiger partial charge in [-0.25, -0.2) is 0 Å². The quantitative estimate of drug-likeness (QED) is 0.663. The van der Waals surface area contributed by atoms with Crippen molar-refractivity contribution < 1.29 is 9.90 Å². The van der Waals surface area contributed by atoms with E-state index in [1.54, 1.807) is 12.1 Å². The van der Waals surface area contributed by atoms with Gasteiger partial charge in [0, 0.05) is 6.42 Å². The summed E-state index contributed by atoms with van der Waals surface area (Å²) >= 11 is 0. The molecule has 11 heavy (non-hydrogen) atoms. The number of phenolic OH excluding ortho intramolecular Hbond substituents is 1. The van der Waals surface area contributed by atoms with Crippen molar-refractivity contribution in [2.75, 3.05) is 0 Å². The Labute approximate surface area is 65.5 Å². The Hall–Kier alpha value is -1.31. The third kappa shape index (κ3) is 2.08. The summed E-state index contributed by atoms with van der Waals surface area (Å²) in [4.78, 5) is 10.0. The number of hydrogen-bond acceptors (Lipinski definition) is 2. The van der Waals surface area contributed by atoms with E-state index in [9.17, 15) is 9.90 Å². The van der Waals surface area contributed by atoms with Crippen molar-refractivity contribution in [3.8, 4) is 5.75 Å². The maximum atomic E-state index is 10.0. The predicted octanol–water partition coefficient (Wildman–Crippen LogP) is 1.52. The van der Waals surface area contributed by atoms with Crippen molar-refractivity contribution >= 4 is 6.29 Å². The molecule has 0 unspecified atom stereocenters. The molecule has 1 N–H and O–H groups in total. The van der Waals surface area contributed by atoms with Crippen molar-refractivity contribution in [3.05, 3.63) is 29.8 Å². The Balaban J connectivity index is 2.69. The lowest BCUT2D eigenvalue weighted by Crippen LogP contribution is -1.85. The number of aldehydes is 1. The number of rotatable bonds is 3. The lowest BCUT2D eigenvalue weighted by Gasteiger charge is -1.99. The molecule has 0 aliphatic heterocycles. The number of para-hydroxylation sites is 1. The summed E-state index contributed by atoms with van der Waals surface area (Å²) in [7, 11) is 0. The predicted molar refractivity (Wildman–Crippen MR) is 42.5 cm³/mol. The zero-order valence-electron chi connectivity index (χ0n) is 6.16. The van der Waals surface area contributed by atoms with Crippen molar-refractivity contribution in [3.63, 3.8) is 0 Å². The fraction of sp³-hybridized carbons (Fsp3) is 0.222. The van der Waals surface area contributed by atoms with E-state index in [0.29, 0.717) is 12.8 Å². The zero-order chi connectivity index (χ0) is 8.10. The van der Waals surface area contributed by atoms with Gasteiger partial charge in [-0.1, -0.05) is 18.2 Å². The minimum atomic E-state index is 0.273. The van der Waals surface area contributed by atoms with Gasteiger partial charge in [0.05, 0.1) is 0 Å².